The van der Waals surface area contributed by atoms with Crippen LogP contribution in [0.25, 0.3) is 0 Å². The van der Waals surface area contributed by atoms with Gasteiger partial charge >= 0.3 is 0 Å². The Kier molecular flexibility index (Phi) is 3.99. The maximum absolute atomic E-state index is 11.2. The van der Waals surface area contributed by atoms with Gasteiger partial charge in [0.15, 0.2) is 0 Å². The summed E-state index contributed by atoms with van der Waals surface area (Å²) < 4.78 is 0. The molecule has 0 radical (unpaired) electrons. The molecule has 0 saturated carbocycles. The number of anilines is 1. The normalized spacial score (nSPS) is 11.9. The van der Waals surface area contributed by atoms with Gasteiger partial charge < -0.3 is 11.1 Å². The van der Waals surface area contributed by atoms with Gasteiger partial charge in [0, 0.05) is 6.07 Å². The molecule has 1 unspecified atom stereocenters. The Morgan fingerprint density at radius 2 is 2.18 bits per heavy atom. The van der Waals surface area contributed by atoms with Crippen LogP contribution in [0.15, 0.2) is 6.07 Å². The molecule has 1 aromatic heterocycles. The molecule has 0 aliphatic heterocycles. The van der Waals surface area contributed by atoms with E-state index in [0.717, 1.165) is 0 Å². The van der Waals surface area contributed by atoms with Crippen LogP contribution >= 0.6 is 0 Å². The van der Waals surface area contributed by atoms with Crippen LogP contribution in [0.5, 0.6) is 0 Å². The number of aromatic nitrogens is 2. The first-order valence-corrected chi connectivity index (χ1v) is 5.25. The largest absolute Gasteiger partial charge is 0.368 e. The predicted octanol–water partition coefficient (Wildman–Crippen LogP) is 0.578. The summed E-state index contributed by atoms with van der Waals surface area (Å²) in [6, 6.07) is 2.91. The molecule has 1 amide bonds. The highest BCUT2D eigenvalue weighted by Gasteiger charge is 2.19. The van der Waals surface area contributed by atoms with Gasteiger partial charge in [-0.2, -0.15) is 5.26 Å². The highest BCUT2D eigenvalue weighted by Crippen LogP contribution is 2.11. The minimum Gasteiger partial charge on any atom is -0.368 e. The highest BCUT2D eigenvalue weighted by molar-refractivity contribution is 5.82. The van der Waals surface area contributed by atoms with Crippen LogP contribution in [0, 0.1) is 24.2 Å². The number of carbonyl (C=O) groups excluding carboxylic acids is 1. The maximum atomic E-state index is 11.2. The molecule has 1 heterocycles. The number of hydrogen-bond donors (Lipinski definition) is 2. The van der Waals surface area contributed by atoms with E-state index < -0.39 is 11.9 Å². The molecule has 1 rings (SSSR count). The fourth-order valence-electron chi connectivity index (χ4n) is 1.42. The molecule has 3 N–H and O–H groups in total. The molecule has 0 bridgehead atoms. The highest BCUT2D eigenvalue weighted by atomic mass is 16.1. The van der Waals surface area contributed by atoms with E-state index in [-0.39, 0.29) is 11.6 Å². The third-order valence-electron chi connectivity index (χ3n) is 2.23. The smallest absolute Gasteiger partial charge is 0.240 e. The van der Waals surface area contributed by atoms with Crippen LogP contribution in [-0.4, -0.2) is 21.9 Å². The van der Waals surface area contributed by atoms with Gasteiger partial charge in [0.05, 0.1) is 0 Å². The van der Waals surface area contributed by atoms with E-state index in [2.05, 4.69) is 15.3 Å². The molecule has 1 atom stereocenters. The van der Waals surface area contributed by atoms with Gasteiger partial charge in [0.25, 0.3) is 0 Å². The van der Waals surface area contributed by atoms with Crippen molar-refractivity contribution in [1.82, 2.24) is 9.97 Å². The minimum atomic E-state index is -0.518. The number of nitriles is 1. The van der Waals surface area contributed by atoms with E-state index in [1.165, 1.54) is 6.07 Å². The van der Waals surface area contributed by atoms with Crippen molar-refractivity contribution in [2.24, 2.45) is 11.7 Å². The van der Waals surface area contributed by atoms with Crippen LogP contribution in [0.3, 0.4) is 0 Å². The van der Waals surface area contributed by atoms with Crippen molar-refractivity contribution in [2.75, 3.05) is 5.32 Å². The molecule has 6 nitrogen and oxygen atoms in total. The monoisotopic (exact) mass is 233 g/mol. The zero-order valence-corrected chi connectivity index (χ0v) is 10.1. The Morgan fingerprint density at radius 1 is 1.53 bits per heavy atom. The maximum Gasteiger partial charge on any atom is 0.240 e. The lowest BCUT2D eigenvalue weighted by molar-refractivity contribution is -0.119. The number of hydrogen-bond acceptors (Lipinski definition) is 5. The summed E-state index contributed by atoms with van der Waals surface area (Å²) in [7, 11) is 0. The van der Waals surface area contributed by atoms with Crippen molar-refractivity contribution >= 4 is 11.7 Å². The third kappa shape index (κ3) is 3.41. The Hall–Kier alpha value is -2.16. The predicted molar refractivity (Wildman–Crippen MR) is 62.9 cm³/mol. The topological polar surface area (TPSA) is 105 Å². The minimum absolute atomic E-state index is 0.0355. The lowest BCUT2D eigenvalue weighted by atomic mass is 10.0. The summed E-state index contributed by atoms with van der Waals surface area (Å²) >= 11 is 0. The van der Waals surface area contributed by atoms with Gasteiger partial charge in [-0.05, 0) is 12.8 Å². The van der Waals surface area contributed by atoms with Crippen molar-refractivity contribution in [3.05, 3.63) is 17.6 Å². The van der Waals surface area contributed by atoms with Crippen molar-refractivity contribution in [3.63, 3.8) is 0 Å². The standard InChI is InChI=1S/C11H15N5O/c1-6(2)10(11(13)17)16-9-4-8(5-12)14-7(3)15-9/h4,6,10H,1-3H3,(H2,13,17)(H,14,15,16). The molecular formula is C11H15N5O. The molecule has 0 saturated heterocycles. The molecule has 0 aliphatic carbocycles. The number of nitrogens with two attached hydrogens (primary N) is 1. The zero-order chi connectivity index (χ0) is 13.0. The average Bonchev–Trinajstić information content (AvgIpc) is 2.24. The van der Waals surface area contributed by atoms with Gasteiger partial charge in [-0.1, -0.05) is 13.8 Å². The Morgan fingerprint density at radius 3 is 2.65 bits per heavy atom. The summed E-state index contributed by atoms with van der Waals surface area (Å²) in [6.07, 6.45) is 0. The van der Waals surface area contributed by atoms with E-state index in [0.29, 0.717) is 11.6 Å². The fraction of sp³-hybridized carbons (Fsp3) is 0.455. The number of rotatable bonds is 4. The van der Waals surface area contributed by atoms with Gasteiger partial charge in [-0.25, -0.2) is 9.97 Å². The number of nitrogens with zero attached hydrogens (tertiary/aromatic N) is 3. The molecule has 1 aromatic rings. The van der Waals surface area contributed by atoms with Crippen molar-refractivity contribution in [3.8, 4) is 6.07 Å². The van der Waals surface area contributed by atoms with Crippen molar-refractivity contribution < 1.29 is 4.79 Å². The average molecular weight is 233 g/mol. The van der Waals surface area contributed by atoms with E-state index in [9.17, 15) is 4.79 Å². The first-order chi connectivity index (χ1) is 7.93. The van der Waals surface area contributed by atoms with Crippen LogP contribution in [0.2, 0.25) is 0 Å². The molecule has 0 aliphatic rings. The molecule has 0 spiro atoms. The SMILES string of the molecule is Cc1nc(C#N)cc(NC(C(N)=O)C(C)C)n1. The van der Waals surface area contributed by atoms with Gasteiger partial charge in [0.1, 0.15) is 29.4 Å². The second-order valence-electron chi connectivity index (χ2n) is 4.07. The molecule has 0 aromatic carbocycles. The first-order valence-electron chi connectivity index (χ1n) is 5.25. The number of aryl methyl sites for hydroxylation is 1. The summed E-state index contributed by atoms with van der Waals surface area (Å²) in [5, 5.41) is 11.7. The quantitative estimate of drug-likeness (QED) is 0.791. The van der Waals surface area contributed by atoms with E-state index >= 15 is 0 Å². The number of nitrogens with one attached hydrogen (secondary N) is 1. The lowest BCUT2D eigenvalue weighted by Crippen LogP contribution is -2.39. The Labute approximate surface area is 99.9 Å². The van der Waals surface area contributed by atoms with Crippen molar-refractivity contribution in [1.29, 1.82) is 5.26 Å². The van der Waals surface area contributed by atoms with E-state index in [4.69, 9.17) is 11.0 Å². The first kappa shape index (κ1) is 12.9. The summed E-state index contributed by atoms with van der Waals surface area (Å²) in [5.74, 6) is 0.494. The number of primary amides is 1. The molecule has 6 heteroatoms. The van der Waals surface area contributed by atoms with Crippen LogP contribution < -0.4 is 11.1 Å². The zero-order valence-electron chi connectivity index (χ0n) is 10.1. The molecular weight excluding hydrogens is 218 g/mol. The summed E-state index contributed by atoms with van der Waals surface area (Å²) in [6.45, 7) is 5.43. The number of carbonyl (C=O) groups is 1. The summed E-state index contributed by atoms with van der Waals surface area (Å²) in [5.41, 5.74) is 5.54. The third-order valence-corrected chi connectivity index (χ3v) is 2.23. The van der Waals surface area contributed by atoms with E-state index in [1.807, 2.05) is 19.9 Å². The van der Waals surface area contributed by atoms with Crippen molar-refractivity contribution in [2.45, 2.75) is 26.8 Å². The Balaban J connectivity index is 2.98. The van der Waals surface area contributed by atoms with Crippen LogP contribution in [0.4, 0.5) is 5.82 Å². The van der Waals surface area contributed by atoms with E-state index in [1.54, 1.807) is 6.92 Å². The molecule has 17 heavy (non-hydrogen) atoms. The van der Waals surface area contributed by atoms with Gasteiger partial charge in [-0.3, -0.25) is 4.79 Å². The summed E-state index contributed by atoms with van der Waals surface area (Å²) in [4.78, 5) is 19.3. The van der Waals surface area contributed by atoms with Gasteiger partial charge in [-0.15, -0.1) is 0 Å². The van der Waals surface area contributed by atoms with Crippen LogP contribution in [0.1, 0.15) is 25.4 Å². The fourth-order valence-corrected chi connectivity index (χ4v) is 1.42. The van der Waals surface area contributed by atoms with Crippen LogP contribution in [-0.2, 0) is 4.79 Å². The second kappa shape index (κ2) is 5.25. The second-order valence-corrected chi connectivity index (χ2v) is 4.07. The number of amides is 1. The van der Waals surface area contributed by atoms with Gasteiger partial charge in [0.2, 0.25) is 5.91 Å². The Bertz CT molecular complexity index is 463. The molecule has 90 valence electrons. The lowest BCUT2D eigenvalue weighted by Gasteiger charge is -2.19. The molecule has 0 fully saturated rings.